The third-order valence-corrected chi connectivity index (χ3v) is 7.91. The lowest BCUT2D eigenvalue weighted by Crippen LogP contribution is -2.25. The van der Waals surface area contributed by atoms with E-state index < -0.39 is 13.0 Å². The molecule has 2 fully saturated rings. The van der Waals surface area contributed by atoms with Crippen LogP contribution < -0.4 is 4.74 Å². The van der Waals surface area contributed by atoms with Gasteiger partial charge in [-0.15, -0.1) is 0 Å². The lowest BCUT2D eigenvalue weighted by atomic mass is 9.68. The second kappa shape index (κ2) is 14.0. The van der Waals surface area contributed by atoms with E-state index in [1.807, 2.05) is 12.1 Å². The molecule has 0 saturated heterocycles. The first kappa shape index (κ1) is 25.2. The van der Waals surface area contributed by atoms with Gasteiger partial charge >= 0.3 is 0 Å². The monoisotopic (exact) mass is 446 g/mol. The van der Waals surface area contributed by atoms with E-state index in [4.69, 9.17) is 4.74 Å². The summed E-state index contributed by atoms with van der Waals surface area (Å²) < 4.78 is 29.5. The van der Waals surface area contributed by atoms with Crippen molar-refractivity contribution in [2.75, 3.05) is 6.61 Å². The molecule has 2 saturated carbocycles. The quantitative estimate of drug-likeness (QED) is 0.291. The molecule has 32 heavy (non-hydrogen) atoms. The summed E-state index contributed by atoms with van der Waals surface area (Å²) in [6, 6.07) is 7.46. The number of ether oxygens (including phenoxy) is 1. The maximum Gasteiger partial charge on any atom is 0.272 e. The van der Waals surface area contributed by atoms with Gasteiger partial charge in [0, 0.05) is 0 Å². The third kappa shape index (κ3) is 8.87. The molecule has 0 spiro atoms. The molecule has 1 nitrogen and oxygen atoms in total. The standard InChI is InChI=1S/C29H44F2O/c1-2-3-4-5-6-7-23-10-16-26(17-11-23)27-18-12-24(13-19-27)8-9-25-14-20-28(21-15-25)32-22-29(30)31/h8-9,14-15,20-21,23-24,26-27,29H,2-7,10-13,16-19,22H2,1H3. The maximum absolute atomic E-state index is 12.2. The Balaban J connectivity index is 1.31. The Hall–Kier alpha value is -1.38. The van der Waals surface area contributed by atoms with Crippen LogP contribution in [0.4, 0.5) is 8.78 Å². The van der Waals surface area contributed by atoms with Crippen LogP contribution in [0.15, 0.2) is 30.3 Å². The molecule has 0 aliphatic heterocycles. The highest BCUT2D eigenvalue weighted by molar-refractivity contribution is 5.50. The topological polar surface area (TPSA) is 9.23 Å². The van der Waals surface area contributed by atoms with Crippen molar-refractivity contribution < 1.29 is 13.5 Å². The summed E-state index contributed by atoms with van der Waals surface area (Å²) in [4.78, 5) is 0. The number of alkyl halides is 2. The van der Waals surface area contributed by atoms with Gasteiger partial charge in [0.25, 0.3) is 6.43 Å². The van der Waals surface area contributed by atoms with Crippen molar-refractivity contribution in [3.05, 3.63) is 35.9 Å². The summed E-state index contributed by atoms with van der Waals surface area (Å²) in [6.45, 7) is 1.75. The molecule has 1 aromatic rings. The van der Waals surface area contributed by atoms with Crippen molar-refractivity contribution >= 4 is 6.08 Å². The van der Waals surface area contributed by atoms with Crippen LogP contribution in [0.1, 0.15) is 102 Å². The van der Waals surface area contributed by atoms with E-state index in [0.29, 0.717) is 11.7 Å². The molecule has 0 aromatic heterocycles. The molecule has 0 N–H and O–H groups in total. The van der Waals surface area contributed by atoms with Crippen molar-refractivity contribution in [3.8, 4) is 5.75 Å². The molecule has 1 aromatic carbocycles. The van der Waals surface area contributed by atoms with Crippen molar-refractivity contribution in [1.82, 2.24) is 0 Å². The molecule has 2 aliphatic carbocycles. The van der Waals surface area contributed by atoms with Gasteiger partial charge in [-0.1, -0.05) is 82.6 Å². The predicted octanol–water partition coefficient (Wildman–Crippen LogP) is 9.32. The smallest absolute Gasteiger partial charge is 0.272 e. The summed E-state index contributed by atoms with van der Waals surface area (Å²) in [5, 5.41) is 0. The Kier molecular flexibility index (Phi) is 11.1. The van der Waals surface area contributed by atoms with Gasteiger partial charge in [0.2, 0.25) is 0 Å². The van der Waals surface area contributed by atoms with Crippen molar-refractivity contribution in [1.29, 1.82) is 0 Å². The highest BCUT2D eigenvalue weighted by Crippen LogP contribution is 2.42. The molecule has 0 bridgehead atoms. The van der Waals surface area contributed by atoms with Crippen molar-refractivity contribution in [2.24, 2.45) is 23.7 Å². The first-order chi connectivity index (χ1) is 15.6. The fraction of sp³-hybridized carbons (Fsp3) is 0.724. The molecular weight excluding hydrogens is 402 g/mol. The van der Waals surface area contributed by atoms with E-state index in [9.17, 15) is 8.78 Å². The lowest BCUT2D eigenvalue weighted by molar-refractivity contribution is 0.0819. The molecule has 0 atom stereocenters. The fourth-order valence-corrected chi connectivity index (χ4v) is 5.88. The Labute approximate surface area is 195 Å². The predicted molar refractivity (Wildman–Crippen MR) is 131 cm³/mol. The molecule has 0 heterocycles. The van der Waals surface area contributed by atoms with Crippen LogP contribution in [0.3, 0.4) is 0 Å². The molecule has 2 aliphatic rings. The van der Waals surface area contributed by atoms with Gasteiger partial charge in [-0.25, -0.2) is 8.78 Å². The Bertz CT molecular complexity index is 638. The average molecular weight is 447 g/mol. The van der Waals surface area contributed by atoms with Crippen LogP contribution in [0, 0.1) is 23.7 Å². The van der Waals surface area contributed by atoms with E-state index in [0.717, 1.165) is 23.3 Å². The molecule has 0 unspecified atom stereocenters. The Morgan fingerprint density at radius 1 is 0.844 bits per heavy atom. The van der Waals surface area contributed by atoms with Crippen LogP contribution in [0.2, 0.25) is 0 Å². The molecule has 3 heteroatoms. The third-order valence-electron chi connectivity index (χ3n) is 7.91. The number of benzene rings is 1. The van der Waals surface area contributed by atoms with Gasteiger partial charge in [0.1, 0.15) is 12.4 Å². The Morgan fingerprint density at radius 2 is 1.47 bits per heavy atom. The lowest BCUT2D eigenvalue weighted by Gasteiger charge is -2.37. The normalized spacial score (nSPS) is 26.6. The molecule has 180 valence electrons. The van der Waals surface area contributed by atoms with Crippen LogP contribution in [0.5, 0.6) is 5.75 Å². The first-order valence-electron chi connectivity index (χ1n) is 13.3. The van der Waals surface area contributed by atoms with Crippen molar-refractivity contribution in [2.45, 2.75) is 103 Å². The van der Waals surface area contributed by atoms with E-state index in [1.54, 1.807) is 12.1 Å². The zero-order valence-corrected chi connectivity index (χ0v) is 20.1. The van der Waals surface area contributed by atoms with Crippen LogP contribution in [0.25, 0.3) is 6.08 Å². The SMILES string of the molecule is CCCCCCCC1CCC(C2CCC(C=Cc3ccc(OCC(F)F)cc3)CC2)CC1. The molecule has 0 amide bonds. The molecule has 3 rings (SSSR count). The van der Waals surface area contributed by atoms with Gasteiger partial charge in [0.15, 0.2) is 0 Å². The maximum atomic E-state index is 12.2. The summed E-state index contributed by atoms with van der Waals surface area (Å²) in [6.07, 6.45) is 22.0. The van der Waals surface area contributed by atoms with Gasteiger partial charge in [-0.05, 0) is 79.9 Å². The number of unbranched alkanes of at least 4 members (excludes halogenated alkanes) is 4. The molecule has 0 radical (unpaired) electrons. The highest BCUT2D eigenvalue weighted by atomic mass is 19.3. The minimum absolute atomic E-state index is 0.508. The number of rotatable bonds is 12. The minimum Gasteiger partial charge on any atom is -0.488 e. The van der Waals surface area contributed by atoms with E-state index in [-0.39, 0.29) is 0 Å². The van der Waals surface area contributed by atoms with E-state index >= 15 is 0 Å². The first-order valence-corrected chi connectivity index (χ1v) is 13.3. The summed E-state index contributed by atoms with van der Waals surface area (Å²) in [7, 11) is 0. The zero-order chi connectivity index (χ0) is 22.6. The Morgan fingerprint density at radius 3 is 2.09 bits per heavy atom. The average Bonchev–Trinajstić information content (AvgIpc) is 2.83. The number of halogens is 2. The van der Waals surface area contributed by atoms with Crippen LogP contribution >= 0.6 is 0 Å². The van der Waals surface area contributed by atoms with Crippen LogP contribution in [-0.4, -0.2) is 13.0 Å². The highest BCUT2D eigenvalue weighted by Gasteiger charge is 2.30. The van der Waals surface area contributed by atoms with E-state index in [1.165, 1.54) is 89.9 Å². The number of allylic oxidation sites excluding steroid dienone is 1. The molecular formula is C29H44F2O. The fourth-order valence-electron chi connectivity index (χ4n) is 5.88. The largest absolute Gasteiger partial charge is 0.488 e. The van der Waals surface area contributed by atoms with Gasteiger partial charge in [0.05, 0.1) is 0 Å². The number of hydrogen-bond donors (Lipinski definition) is 0. The second-order valence-corrected chi connectivity index (χ2v) is 10.3. The van der Waals surface area contributed by atoms with Gasteiger partial charge < -0.3 is 4.74 Å². The van der Waals surface area contributed by atoms with Crippen molar-refractivity contribution in [3.63, 3.8) is 0 Å². The summed E-state index contributed by atoms with van der Waals surface area (Å²) in [5.41, 5.74) is 1.12. The summed E-state index contributed by atoms with van der Waals surface area (Å²) >= 11 is 0. The zero-order valence-electron chi connectivity index (χ0n) is 20.1. The second-order valence-electron chi connectivity index (χ2n) is 10.3. The van der Waals surface area contributed by atoms with Crippen LogP contribution in [-0.2, 0) is 0 Å². The van der Waals surface area contributed by atoms with Gasteiger partial charge in [-0.3, -0.25) is 0 Å². The summed E-state index contributed by atoms with van der Waals surface area (Å²) in [5.74, 6) is 4.14. The van der Waals surface area contributed by atoms with E-state index in [2.05, 4.69) is 19.1 Å². The minimum atomic E-state index is -2.43. The number of hydrogen-bond acceptors (Lipinski definition) is 1. The van der Waals surface area contributed by atoms with Gasteiger partial charge in [-0.2, -0.15) is 0 Å².